The largest absolute Gasteiger partial charge is 0.455 e. The SMILES string of the molecule is C[C@H](OC(=O)[C@@]12CC[C@@](C)(C(=O)O1)C2(C)C)c1ccccc1[N+](=O)[O-]. The summed E-state index contributed by atoms with van der Waals surface area (Å²) in [6.45, 7) is 7.06. The van der Waals surface area contributed by atoms with Crippen LogP contribution in [0.4, 0.5) is 5.69 Å². The molecule has 3 atom stereocenters. The van der Waals surface area contributed by atoms with Crippen LogP contribution in [0.15, 0.2) is 24.3 Å². The van der Waals surface area contributed by atoms with Crippen molar-refractivity contribution in [3.8, 4) is 0 Å². The molecule has 0 radical (unpaired) electrons. The fourth-order valence-electron chi connectivity index (χ4n) is 4.02. The predicted molar refractivity (Wildman–Crippen MR) is 87.5 cm³/mol. The average molecular weight is 347 g/mol. The van der Waals surface area contributed by atoms with Crippen LogP contribution in [0.5, 0.6) is 0 Å². The Bertz CT molecular complexity index is 773. The maximum Gasteiger partial charge on any atom is 0.351 e. The molecule has 7 nitrogen and oxygen atoms in total. The molecule has 1 heterocycles. The first-order valence-electron chi connectivity index (χ1n) is 8.25. The zero-order valence-electron chi connectivity index (χ0n) is 14.7. The number of rotatable bonds is 4. The summed E-state index contributed by atoms with van der Waals surface area (Å²) in [5, 5.41) is 11.2. The molecule has 1 saturated carbocycles. The Morgan fingerprint density at radius 2 is 1.92 bits per heavy atom. The van der Waals surface area contributed by atoms with Gasteiger partial charge in [0.1, 0.15) is 6.10 Å². The minimum absolute atomic E-state index is 0.112. The van der Waals surface area contributed by atoms with Gasteiger partial charge in [0.05, 0.1) is 15.9 Å². The van der Waals surface area contributed by atoms with Crippen molar-refractivity contribution in [1.82, 2.24) is 0 Å². The van der Waals surface area contributed by atoms with Crippen molar-refractivity contribution in [3.63, 3.8) is 0 Å². The van der Waals surface area contributed by atoms with E-state index < -0.39 is 33.4 Å². The highest BCUT2D eigenvalue weighted by molar-refractivity contribution is 5.93. The average Bonchev–Trinajstić information content (AvgIpc) is 2.85. The number of ether oxygens (including phenoxy) is 2. The summed E-state index contributed by atoms with van der Waals surface area (Å²) in [7, 11) is 0. The van der Waals surface area contributed by atoms with Gasteiger partial charge in [0, 0.05) is 11.5 Å². The molecule has 1 aliphatic carbocycles. The van der Waals surface area contributed by atoms with Gasteiger partial charge >= 0.3 is 11.9 Å². The highest BCUT2D eigenvalue weighted by atomic mass is 16.6. The van der Waals surface area contributed by atoms with Gasteiger partial charge in [-0.05, 0) is 32.8 Å². The molecule has 1 aromatic carbocycles. The van der Waals surface area contributed by atoms with Crippen LogP contribution in [0.2, 0.25) is 0 Å². The molecule has 2 aliphatic rings. The molecule has 3 rings (SSSR count). The molecule has 0 unspecified atom stereocenters. The first-order valence-corrected chi connectivity index (χ1v) is 8.25. The maximum absolute atomic E-state index is 12.9. The number of para-hydroxylation sites is 1. The molecule has 134 valence electrons. The zero-order valence-corrected chi connectivity index (χ0v) is 14.7. The van der Waals surface area contributed by atoms with Gasteiger partial charge in [-0.25, -0.2) is 4.79 Å². The minimum atomic E-state index is -1.34. The summed E-state index contributed by atoms with van der Waals surface area (Å²) in [5.74, 6) is -1.03. The molecule has 1 saturated heterocycles. The number of carbonyl (C=O) groups is 2. The van der Waals surface area contributed by atoms with Crippen molar-refractivity contribution in [2.24, 2.45) is 10.8 Å². The molecule has 0 amide bonds. The molecule has 0 N–H and O–H groups in total. The van der Waals surface area contributed by atoms with E-state index in [0.29, 0.717) is 18.4 Å². The van der Waals surface area contributed by atoms with Crippen molar-refractivity contribution in [2.45, 2.75) is 52.2 Å². The molecule has 2 fully saturated rings. The number of hydrogen-bond donors (Lipinski definition) is 0. The van der Waals surface area contributed by atoms with Crippen molar-refractivity contribution in [3.05, 3.63) is 39.9 Å². The molecule has 2 bridgehead atoms. The van der Waals surface area contributed by atoms with Gasteiger partial charge in [-0.1, -0.05) is 26.0 Å². The number of fused-ring (bicyclic) bond motifs is 2. The van der Waals surface area contributed by atoms with Crippen LogP contribution in [0.1, 0.15) is 52.2 Å². The predicted octanol–water partition coefficient (Wildman–Crippen LogP) is 3.32. The molecule has 0 spiro atoms. The van der Waals surface area contributed by atoms with E-state index in [4.69, 9.17) is 9.47 Å². The van der Waals surface area contributed by atoms with E-state index in [1.807, 2.05) is 20.8 Å². The zero-order chi connectivity index (χ0) is 18.6. The van der Waals surface area contributed by atoms with Crippen molar-refractivity contribution < 1.29 is 24.0 Å². The smallest absolute Gasteiger partial charge is 0.351 e. The van der Waals surface area contributed by atoms with E-state index in [0.717, 1.165) is 0 Å². The van der Waals surface area contributed by atoms with Gasteiger partial charge in [-0.15, -0.1) is 0 Å². The molecule has 1 aliphatic heterocycles. The summed E-state index contributed by atoms with van der Waals surface area (Å²) in [6.07, 6.45) is 0.115. The van der Waals surface area contributed by atoms with E-state index in [-0.39, 0.29) is 11.7 Å². The molecule has 1 aromatic rings. The number of hydrogen-bond acceptors (Lipinski definition) is 6. The second kappa shape index (κ2) is 5.28. The van der Waals surface area contributed by atoms with Gasteiger partial charge in [0.15, 0.2) is 0 Å². The Hall–Kier alpha value is -2.44. The van der Waals surface area contributed by atoms with Gasteiger partial charge in [-0.3, -0.25) is 14.9 Å². The standard InChI is InChI=1S/C18H21NO6/c1-11(12-7-5-6-8-13(12)19(22)23)24-15(21)18-10-9-17(4,14(20)25-18)16(18,2)3/h5-8,11H,9-10H2,1-4H3/t11-,17-,18+/m0/s1. The summed E-state index contributed by atoms with van der Waals surface area (Å²) in [4.78, 5) is 35.9. The van der Waals surface area contributed by atoms with Crippen LogP contribution in [0, 0.1) is 20.9 Å². The lowest BCUT2D eigenvalue weighted by molar-refractivity contribution is -0.386. The number of nitro groups is 1. The van der Waals surface area contributed by atoms with Gasteiger partial charge in [0.25, 0.3) is 5.69 Å². The lowest BCUT2D eigenvalue weighted by atomic mass is 9.66. The van der Waals surface area contributed by atoms with Gasteiger partial charge < -0.3 is 9.47 Å². The van der Waals surface area contributed by atoms with E-state index in [1.165, 1.54) is 6.07 Å². The van der Waals surface area contributed by atoms with Gasteiger partial charge in [0.2, 0.25) is 5.60 Å². The van der Waals surface area contributed by atoms with Gasteiger partial charge in [-0.2, -0.15) is 0 Å². The quantitative estimate of drug-likeness (QED) is 0.471. The highest BCUT2D eigenvalue weighted by Crippen LogP contribution is 2.66. The van der Waals surface area contributed by atoms with E-state index in [2.05, 4.69) is 0 Å². The van der Waals surface area contributed by atoms with Crippen molar-refractivity contribution in [2.75, 3.05) is 0 Å². The first kappa shape index (κ1) is 17.4. The summed E-state index contributed by atoms with van der Waals surface area (Å²) in [5.41, 5.74) is -2.58. The maximum atomic E-state index is 12.9. The first-order chi connectivity index (χ1) is 11.6. The Morgan fingerprint density at radius 3 is 2.44 bits per heavy atom. The number of carbonyl (C=O) groups excluding carboxylic acids is 2. The Labute approximate surface area is 145 Å². The lowest BCUT2D eigenvalue weighted by Gasteiger charge is -2.35. The third-order valence-corrected chi connectivity index (χ3v) is 6.27. The summed E-state index contributed by atoms with van der Waals surface area (Å²) in [6, 6.07) is 6.12. The van der Waals surface area contributed by atoms with E-state index in [1.54, 1.807) is 25.1 Å². The van der Waals surface area contributed by atoms with Crippen LogP contribution < -0.4 is 0 Å². The molecule has 7 heteroatoms. The topological polar surface area (TPSA) is 95.7 Å². The minimum Gasteiger partial charge on any atom is -0.455 e. The second-order valence-electron chi connectivity index (χ2n) is 7.54. The fraction of sp³-hybridized carbons (Fsp3) is 0.556. The molecule has 25 heavy (non-hydrogen) atoms. The van der Waals surface area contributed by atoms with Crippen LogP contribution in [-0.2, 0) is 19.1 Å². The molecular weight excluding hydrogens is 326 g/mol. The monoisotopic (exact) mass is 347 g/mol. The molecule has 0 aromatic heterocycles. The van der Waals surface area contributed by atoms with Crippen molar-refractivity contribution in [1.29, 1.82) is 0 Å². The number of esters is 2. The Kier molecular flexibility index (Phi) is 3.67. The van der Waals surface area contributed by atoms with Crippen LogP contribution in [0.3, 0.4) is 0 Å². The van der Waals surface area contributed by atoms with Crippen LogP contribution in [-0.4, -0.2) is 22.5 Å². The molecular formula is C18H21NO6. The third-order valence-electron chi connectivity index (χ3n) is 6.27. The lowest BCUT2D eigenvalue weighted by Crippen LogP contribution is -2.49. The number of nitrogens with zero attached hydrogens (tertiary/aromatic N) is 1. The highest BCUT2D eigenvalue weighted by Gasteiger charge is 2.76. The third kappa shape index (κ3) is 2.11. The second-order valence-corrected chi connectivity index (χ2v) is 7.54. The van der Waals surface area contributed by atoms with Crippen LogP contribution in [0.25, 0.3) is 0 Å². The fourth-order valence-corrected chi connectivity index (χ4v) is 4.02. The summed E-state index contributed by atoms with van der Waals surface area (Å²) >= 11 is 0. The normalized spacial score (nSPS) is 30.6. The Morgan fingerprint density at radius 1 is 1.28 bits per heavy atom. The van der Waals surface area contributed by atoms with E-state index in [9.17, 15) is 19.7 Å². The van der Waals surface area contributed by atoms with Crippen LogP contribution >= 0.6 is 0 Å². The van der Waals surface area contributed by atoms with Crippen molar-refractivity contribution >= 4 is 17.6 Å². The number of benzene rings is 1. The summed E-state index contributed by atoms with van der Waals surface area (Å²) < 4.78 is 11.0. The number of nitro benzene ring substituents is 1. The van der Waals surface area contributed by atoms with E-state index >= 15 is 0 Å². The Balaban J connectivity index is 1.89.